The summed E-state index contributed by atoms with van der Waals surface area (Å²) in [4.78, 5) is 6.84. The number of anilines is 1. The van der Waals surface area contributed by atoms with E-state index < -0.39 is 0 Å². The Kier molecular flexibility index (Phi) is 5.37. The Bertz CT molecular complexity index is 1040. The first-order valence-electron chi connectivity index (χ1n) is 11.0. The first-order chi connectivity index (χ1) is 14.8. The van der Waals surface area contributed by atoms with E-state index in [1.54, 1.807) is 6.33 Å². The molecule has 0 unspecified atom stereocenters. The van der Waals surface area contributed by atoms with Crippen molar-refractivity contribution in [3.05, 3.63) is 77.4 Å². The lowest BCUT2D eigenvalue weighted by molar-refractivity contribution is 0.415. The summed E-state index contributed by atoms with van der Waals surface area (Å²) in [6, 6.07) is 18.4. The molecule has 1 N–H and O–H groups in total. The molecule has 0 saturated carbocycles. The molecular weight excluding hydrogens is 370 g/mol. The number of rotatable bonds is 6. The maximum absolute atomic E-state index is 4.30. The van der Waals surface area contributed by atoms with E-state index in [9.17, 15) is 0 Å². The molecule has 5 rings (SSSR count). The van der Waals surface area contributed by atoms with E-state index in [0.29, 0.717) is 6.04 Å². The van der Waals surface area contributed by atoms with Crippen LogP contribution in [0.4, 0.5) is 5.69 Å². The van der Waals surface area contributed by atoms with Crippen molar-refractivity contribution in [3.63, 3.8) is 0 Å². The number of aryl methyl sites for hydroxylation is 1. The van der Waals surface area contributed by atoms with Crippen LogP contribution in [0.15, 0.2) is 54.9 Å². The topological polar surface area (TPSA) is 46.0 Å². The van der Waals surface area contributed by atoms with Gasteiger partial charge in [0.15, 0.2) is 0 Å². The van der Waals surface area contributed by atoms with Gasteiger partial charge in [-0.3, -0.25) is 4.68 Å². The third kappa shape index (κ3) is 4.03. The van der Waals surface area contributed by atoms with E-state index in [-0.39, 0.29) is 0 Å². The average molecular weight is 400 g/mol. The summed E-state index contributed by atoms with van der Waals surface area (Å²) in [6.45, 7) is 3.16. The molecule has 3 aromatic rings. The fourth-order valence-corrected chi connectivity index (χ4v) is 4.64. The van der Waals surface area contributed by atoms with Crippen molar-refractivity contribution < 1.29 is 0 Å². The van der Waals surface area contributed by atoms with Gasteiger partial charge in [-0.25, -0.2) is 4.98 Å². The monoisotopic (exact) mass is 399 g/mol. The quantitative estimate of drug-likeness (QED) is 0.686. The zero-order valence-corrected chi connectivity index (χ0v) is 17.6. The Morgan fingerprint density at radius 3 is 2.73 bits per heavy atom. The molecule has 1 saturated heterocycles. The van der Waals surface area contributed by atoms with Crippen LogP contribution in [0, 0.1) is 0 Å². The van der Waals surface area contributed by atoms with Crippen molar-refractivity contribution in [2.24, 2.45) is 7.05 Å². The molecule has 1 aliphatic carbocycles. The van der Waals surface area contributed by atoms with E-state index in [1.807, 2.05) is 11.7 Å². The van der Waals surface area contributed by atoms with Crippen molar-refractivity contribution in [1.29, 1.82) is 0 Å². The molecule has 2 aromatic carbocycles. The van der Waals surface area contributed by atoms with Crippen LogP contribution in [0.1, 0.15) is 35.4 Å². The lowest BCUT2D eigenvalue weighted by Gasteiger charge is -2.34. The number of piperidine rings is 1. The summed E-state index contributed by atoms with van der Waals surface area (Å²) in [6.07, 6.45) is 8.30. The second-order valence-corrected chi connectivity index (χ2v) is 8.36. The Labute approximate surface area is 178 Å². The van der Waals surface area contributed by atoms with E-state index >= 15 is 0 Å². The minimum absolute atomic E-state index is 0.588. The summed E-state index contributed by atoms with van der Waals surface area (Å²) >= 11 is 0. The molecule has 1 aliphatic heterocycles. The van der Waals surface area contributed by atoms with Crippen LogP contribution in [0.3, 0.4) is 0 Å². The minimum atomic E-state index is 0.588. The Hall–Kier alpha value is -2.92. The van der Waals surface area contributed by atoms with Crippen LogP contribution < -0.4 is 10.2 Å². The summed E-state index contributed by atoms with van der Waals surface area (Å²) in [5.74, 6) is 1.04. The number of fused-ring (bicyclic) bond motifs is 1. The number of allylic oxidation sites excluding steroid dienone is 1. The third-order valence-electron chi connectivity index (χ3n) is 6.43. The van der Waals surface area contributed by atoms with Gasteiger partial charge in [0, 0.05) is 44.8 Å². The van der Waals surface area contributed by atoms with Gasteiger partial charge in [-0.2, -0.15) is 5.10 Å². The summed E-state index contributed by atoms with van der Waals surface area (Å²) in [7, 11) is 1.95. The zero-order valence-electron chi connectivity index (χ0n) is 17.6. The predicted molar refractivity (Wildman–Crippen MR) is 122 cm³/mol. The molecule has 0 spiro atoms. The molecule has 0 amide bonds. The predicted octanol–water partition coefficient (Wildman–Crippen LogP) is 3.71. The largest absolute Gasteiger partial charge is 0.371 e. The highest BCUT2D eigenvalue weighted by molar-refractivity contribution is 5.89. The fourth-order valence-electron chi connectivity index (χ4n) is 4.64. The standard InChI is InChI=1S/C25H29N5/c1-29-25(27-18-28-29)9-12-26-23-10-13-30(14-11-23)24-8-4-7-21(17-24)22-15-19-5-2-3-6-20(19)16-22/h2-8,15,17-18,23,26H,9-14,16H2,1H3. The van der Waals surface area contributed by atoms with Gasteiger partial charge in [-0.05, 0) is 53.7 Å². The van der Waals surface area contributed by atoms with Gasteiger partial charge >= 0.3 is 0 Å². The van der Waals surface area contributed by atoms with Crippen molar-refractivity contribution in [1.82, 2.24) is 20.1 Å². The number of nitrogens with one attached hydrogen (secondary N) is 1. The Morgan fingerprint density at radius 1 is 1.07 bits per heavy atom. The number of nitrogens with zero attached hydrogens (tertiary/aromatic N) is 4. The van der Waals surface area contributed by atoms with Crippen molar-refractivity contribution >= 4 is 17.3 Å². The van der Waals surface area contributed by atoms with Gasteiger partial charge in [0.2, 0.25) is 0 Å². The SMILES string of the molecule is Cn1ncnc1CCNC1CCN(c2cccc(C3=Cc4ccccc4C3)c2)CC1. The maximum atomic E-state index is 4.30. The highest BCUT2D eigenvalue weighted by atomic mass is 15.3. The molecule has 5 heteroatoms. The normalized spacial score (nSPS) is 16.6. The van der Waals surface area contributed by atoms with Crippen LogP contribution in [0.5, 0.6) is 0 Å². The van der Waals surface area contributed by atoms with Crippen LogP contribution in [0.2, 0.25) is 0 Å². The van der Waals surface area contributed by atoms with Crippen LogP contribution >= 0.6 is 0 Å². The molecule has 30 heavy (non-hydrogen) atoms. The van der Waals surface area contributed by atoms with Crippen molar-refractivity contribution in [2.45, 2.75) is 31.7 Å². The smallest absolute Gasteiger partial charge is 0.138 e. The van der Waals surface area contributed by atoms with Crippen molar-refractivity contribution in [3.8, 4) is 0 Å². The molecule has 1 aromatic heterocycles. The number of benzene rings is 2. The van der Waals surface area contributed by atoms with Gasteiger partial charge in [-0.15, -0.1) is 0 Å². The molecular formula is C25H29N5. The second-order valence-electron chi connectivity index (χ2n) is 8.36. The summed E-state index contributed by atoms with van der Waals surface area (Å²) in [5, 5.41) is 7.85. The molecule has 5 nitrogen and oxygen atoms in total. The van der Waals surface area contributed by atoms with E-state index in [2.05, 4.69) is 74.9 Å². The van der Waals surface area contributed by atoms with Crippen molar-refractivity contribution in [2.75, 3.05) is 24.5 Å². The highest BCUT2D eigenvalue weighted by Crippen LogP contribution is 2.33. The second kappa shape index (κ2) is 8.44. The lowest BCUT2D eigenvalue weighted by atomic mass is 10.0. The van der Waals surface area contributed by atoms with Gasteiger partial charge < -0.3 is 10.2 Å². The Morgan fingerprint density at radius 2 is 1.93 bits per heavy atom. The van der Waals surface area contributed by atoms with E-state index in [1.165, 1.54) is 40.8 Å². The molecule has 0 bridgehead atoms. The number of aromatic nitrogens is 3. The maximum Gasteiger partial charge on any atom is 0.138 e. The van der Waals surface area contributed by atoms with Crippen LogP contribution in [0.25, 0.3) is 11.6 Å². The van der Waals surface area contributed by atoms with Gasteiger partial charge in [0.1, 0.15) is 12.2 Å². The van der Waals surface area contributed by atoms with Gasteiger partial charge in [0.05, 0.1) is 0 Å². The molecule has 2 aliphatic rings. The molecule has 0 radical (unpaired) electrons. The highest BCUT2D eigenvalue weighted by Gasteiger charge is 2.20. The lowest BCUT2D eigenvalue weighted by Crippen LogP contribution is -2.43. The molecule has 154 valence electrons. The fraction of sp³-hybridized carbons (Fsp3) is 0.360. The number of hydrogen-bond acceptors (Lipinski definition) is 4. The average Bonchev–Trinajstić information content (AvgIpc) is 3.40. The van der Waals surface area contributed by atoms with Gasteiger partial charge in [-0.1, -0.05) is 42.5 Å². The minimum Gasteiger partial charge on any atom is -0.371 e. The third-order valence-corrected chi connectivity index (χ3v) is 6.43. The molecule has 1 fully saturated rings. The summed E-state index contributed by atoms with van der Waals surface area (Å²) in [5.41, 5.74) is 6.94. The van der Waals surface area contributed by atoms with E-state index in [0.717, 1.165) is 38.3 Å². The molecule has 0 atom stereocenters. The van der Waals surface area contributed by atoms with Crippen LogP contribution in [-0.4, -0.2) is 40.4 Å². The van der Waals surface area contributed by atoms with E-state index in [4.69, 9.17) is 0 Å². The van der Waals surface area contributed by atoms with Gasteiger partial charge in [0.25, 0.3) is 0 Å². The first kappa shape index (κ1) is 19.1. The molecule has 2 heterocycles. The zero-order chi connectivity index (χ0) is 20.3. The number of hydrogen-bond donors (Lipinski definition) is 1. The Balaban J connectivity index is 1.16. The van der Waals surface area contributed by atoms with Crippen LogP contribution in [-0.2, 0) is 19.9 Å². The first-order valence-corrected chi connectivity index (χ1v) is 11.0. The summed E-state index contributed by atoms with van der Waals surface area (Å²) < 4.78 is 1.86.